The van der Waals surface area contributed by atoms with E-state index in [-0.39, 0.29) is 6.54 Å². The fourth-order valence-electron chi connectivity index (χ4n) is 1.95. The van der Waals surface area contributed by atoms with E-state index in [1.807, 2.05) is 0 Å². The Morgan fingerprint density at radius 1 is 1.39 bits per heavy atom. The van der Waals surface area contributed by atoms with Crippen LogP contribution in [-0.4, -0.2) is 30.3 Å². The summed E-state index contributed by atoms with van der Waals surface area (Å²) in [6.45, 7) is 1.42. The third-order valence-electron chi connectivity index (χ3n) is 3.03. The van der Waals surface area contributed by atoms with E-state index < -0.39 is 17.3 Å². The van der Waals surface area contributed by atoms with Crippen molar-refractivity contribution in [3.8, 4) is 0 Å². The van der Waals surface area contributed by atoms with Crippen molar-refractivity contribution in [2.75, 3.05) is 25.0 Å². The predicted molar refractivity (Wildman–Crippen MR) is 62.4 cm³/mol. The average Bonchev–Trinajstić information content (AvgIpc) is 2.74. The van der Waals surface area contributed by atoms with Gasteiger partial charge in [-0.25, -0.2) is 0 Å². The Bertz CT molecular complexity index is 414. The van der Waals surface area contributed by atoms with E-state index in [1.54, 1.807) is 6.07 Å². The Hall–Kier alpha value is -1.27. The lowest BCUT2D eigenvalue weighted by atomic mass is 10.0. The summed E-state index contributed by atoms with van der Waals surface area (Å²) in [5, 5.41) is 15.9. The van der Waals surface area contributed by atoms with Crippen molar-refractivity contribution < 1.29 is 18.3 Å². The van der Waals surface area contributed by atoms with Gasteiger partial charge in [0.05, 0.1) is 11.2 Å². The molecule has 2 rings (SSSR count). The minimum absolute atomic E-state index is 0.237. The first kappa shape index (κ1) is 13.2. The van der Waals surface area contributed by atoms with Crippen molar-refractivity contribution in [3.05, 3.63) is 29.8 Å². The van der Waals surface area contributed by atoms with E-state index in [4.69, 9.17) is 0 Å². The number of β-amino-alcohol motifs (C(OH)–C–C–N with tert-alkyl or cyclic N) is 1. The van der Waals surface area contributed by atoms with Crippen molar-refractivity contribution in [2.45, 2.75) is 18.2 Å². The van der Waals surface area contributed by atoms with Crippen LogP contribution < -0.4 is 10.6 Å². The number of aliphatic hydroxyl groups is 1. The molecule has 1 saturated heterocycles. The lowest BCUT2D eigenvalue weighted by Crippen LogP contribution is -2.38. The first-order valence-electron chi connectivity index (χ1n) is 5.73. The maximum Gasteiger partial charge on any atom is 0.416 e. The van der Waals surface area contributed by atoms with Crippen LogP contribution in [0.25, 0.3) is 0 Å². The van der Waals surface area contributed by atoms with Crippen molar-refractivity contribution in [3.63, 3.8) is 0 Å². The number of hydrogen-bond donors (Lipinski definition) is 3. The van der Waals surface area contributed by atoms with Crippen molar-refractivity contribution in [1.29, 1.82) is 0 Å². The SMILES string of the molecule is OC1(CNc2cccc(C(F)(F)F)c2)CCNC1. The molecule has 0 radical (unpaired) electrons. The number of anilines is 1. The third-order valence-corrected chi connectivity index (χ3v) is 3.03. The van der Waals surface area contributed by atoms with E-state index in [1.165, 1.54) is 6.07 Å². The molecule has 0 bridgehead atoms. The van der Waals surface area contributed by atoms with Crippen LogP contribution in [0.1, 0.15) is 12.0 Å². The molecule has 1 atom stereocenters. The molecule has 0 amide bonds. The molecule has 1 aliphatic rings. The first-order valence-corrected chi connectivity index (χ1v) is 5.73. The summed E-state index contributed by atoms with van der Waals surface area (Å²) in [6.07, 6.45) is -3.75. The van der Waals surface area contributed by atoms with Gasteiger partial charge in [-0.15, -0.1) is 0 Å². The van der Waals surface area contributed by atoms with Crippen LogP contribution in [0.4, 0.5) is 18.9 Å². The fourth-order valence-corrected chi connectivity index (χ4v) is 1.95. The molecule has 0 aromatic heterocycles. The highest BCUT2D eigenvalue weighted by atomic mass is 19.4. The largest absolute Gasteiger partial charge is 0.416 e. The number of nitrogens with one attached hydrogen (secondary N) is 2. The molecule has 0 aliphatic carbocycles. The molecule has 1 aromatic rings. The Balaban J connectivity index is 2.01. The Morgan fingerprint density at radius 2 is 2.17 bits per heavy atom. The number of hydrogen-bond acceptors (Lipinski definition) is 3. The lowest BCUT2D eigenvalue weighted by Gasteiger charge is -2.22. The van der Waals surface area contributed by atoms with Crippen LogP contribution in [0.3, 0.4) is 0 Å². The zero-order chi connectivity index (χ0) is 13.2. The maximum absolute atomic E-state index is 12.5. The quantitative estimate of drug-likeness (QED) is 0.777. The molecule has 1 heterocycles. The molecule has 0 saturated carbocycles. The van der Waals surface area contributed by atoms with Crippen LogP contribution in [0.2, 0.25) is 0 Å². The molecule has 6 heteroatoms. The summed E-state index contributed by atoms with van der Waals surface area (Å²) < 4.78 is 37.5. The number of benzene rings is 1. The average molecular weight is 260 g/mol. The molecule has 3 N–H and O–H groups in total. The van der Waals surface area contributed by atoms with Gasteiger partial charge in [-0.05, 0) is 31.2 Å². The molecule has 1 fully saturated rings. The van der Waals surface area contributed by atoms with Crippen LogP contribution in [0, 0.1) is 0 Å². The molecule has 18 heavy (non-hydrogen) atoms. The Labute approximate surface area is 103 Å². The van der Waals surface area contributed by atoms with Gasteiger partial charge < -0.3 is 15.7 Å². The summed E-state index contributed by atoms with van der Waals surface area (Å²) >= 11 is 0. The predicted octanol–water partition coefficient (Wildman–Crippen LogP) is 1.84. The number of halogens is 3. The molecule has 0 spiro atoms. The van der Waals surface area contributed by atoms with E-state index in [0.717, 1.165) is 18.7 Å². The van der Waals surface area contributed by atoms with E-state index in [0.29, 0.717) is 18.7 Å². The fraction of sp³-hybridized carbons (Fsp3) is 0.500. The molecule has 100 valence electrons. The minimum Gasteiger partial charge on any atom is -0.387 e. The van der Waals surface area contributed by atoms with Gasteiger partial charge in [0.25, 0.3) is 0 Å². The van der Waals surface area contributed by atoms with Gasteiger partial charge in [0, 0.05) is 18.8 Å². The highest BCUT2D eigenvalue weighted by Gasteiger charge is 2.32. The zero-order valence-corrected chi connectivity index (χ0v) is 9.72. The van der Waals surface area contributed by atoms with Gasteiger partial charge in [-0.2, -0.15) is 13.2 Å². The van der Waals surface area contributed by atoms with Gasteiger partial charge in [0.1, 0.15) is 0 Å². The summed E-state index contributed by atoms with van der Waals surface area (Å²) in [5.41, 5.74) is -1.21. The molecular formula is C12H15F3N2O. The van der Waals surface area contributed by atoms with Gasteiger partial charge in [-0.1, -0.05) is 6.07 Å². The smallest absolute Gasteiger partial charge is 0.387 e. The highest BCUT2D eigenvalue weighted by Crippen LogP contribution is 2.30. The lowest BCUT2D eigenvalue weighted by molar-refractivity contribution is -0.137. The summed E-state index contributed by atoms with van der Waals surface area (Å²) in [6, 6.07) is 4.98. The standard InChI is InChI=1S/C12H15F3N2O/c13-12(14,15)9-2-1-3-10(6-9)17-8-11(18)4-5-16-7-11/h1-3,6,16-18H,4-5,7-8H2. The maximum atomic E-state index is 12.5. The summed E-state index contributed by atoms with van der Waals surface area (Å²) in [5.74, 6) is 0. The van der Waals surface area contributed by atoms with Crippen LogP contribution in [-0.2, 0) is 6.18 Å². The van der Waals surface area contributed by atoms with Crippen molar-refractivity contribution in [2.24, 2.45) is 0 Å². The highest BCUT2D eigenvalue weighted by molar-refractivity contribution is 5.46. The van der Waals surface area contributed by atoms with Gasteiger partial charge in [-0.3, -0.25) is 0 Å². The second kappa shape index (κ2) is 4.78. The second-order valence-electron chi connectivity index (χ2n) is 4.58. The van der Waals surface area contributed by atoms with Crippen LogP contribution >= 0.6 is 0 Å². The van der Waals surface area contributed by atoms with Crippen LogP contribution in [0.5, 0.6) is 0 Å². The van der Waals surface area contributed by atoms with E-state index >= 15 is 0 Å². The van der Waals surface area contributed by atoms with Gasteiger partial charge >= 0.3 is 6.18 Å². The molecule has 1 aromatic carbocycles. The van der Waals surface area contributed by atoms with E-state index in [2.05, 4.69) is 10.6 Å². The normalized spacial score (nSPS) is 24.2. The van der Waals surface area contributed by atoms with Gasteiger partial charge in [0.15, 0.2) is 0 Å². The molecule has 1 aliphatic heterocycles. The third kappa shape index (κ3) is 3.14. The Morgan fingerprint density at radius 3 is 2.78 bits per heavy atom. The topological polar surface area (TPSA) is 44.3 Å². The first-order chi connectivity index (χ1) is 8.39. The summed E-state index contributed by atoms with van der Waals surface area (Å²) in [4.78, 5) is 0. The zero-order valence-electron chi connectivity index (χ0n) is 9.72. The monoisotopic (exact) mass is 260 g/mol. The van der Waals surface area contributed by atoms with Gasteiger partial charge in [0.2, 0.25) is 0 Å². The number of rotatable bonds is 3. The second-order valence-corrected chi connectivity index (χ2v) is 4.58. The molecule has 1 unspecified atom stereocenters. The molecular weight excluding hydrogens is 245 g/mol. The molecule has 3 nitrogen and oxygen atoms in total. The minimum atomic E-state index is -4.34. The van der Waals surface area contributed by atoms with Crippen LogP contribution in [0.15, 0.2) is 24.3 Å². The van der Waals surface area contributed by atoms with Crippen molar-refractivity contribution in [1.82, 2.24) is 5.32 Å². The van der Waals surface area contributed by atoms with E-state index in [9.17, 15) is 18.3 Å². The summed E-state index contributed by atoms with van der Waals surface area (Å²) in [7, 11) is 0. The number of alkyl halides is 3. The Kier molecular flexibility index (Phi) is 3.49. The van der Waals surface area contributed by atoms with Crippen molar-refractivity contribution >= 4 is 5.69 Å².